The monoisotopic (exact) mass is 1130 g/mol. The van der Waals surface area contributed by atoms with Gasteiger partial charge in [-0.25, -0.2) is 0 Å². The van der Waals surface area contributed by atoms with Crippen LogP contribution in [-0.4, -0.2) is 37.2 Å². The van der Waals surface area contributed by atoms with Crippen LogP contribution in [-0.2, 0) is 28.6 Å². The summed E-state index contributed by atoms with van der Waals surface area (Å²) in [6.07, 6.45) is 99.8. The van der Waals surface area contributed by atoms with Crippen LogP contribution in [0.4, 0.5) is 0 Å². The van der Waals surface area contributed by atoms with Crippen molar-refractivity contribution in [1.82, 2.24) is 0 Å². The molecule has 82 heavy (non-hydrogen) atoms. The van der Waals surface area contributed by atoms with E-state index in [0.29, 0.717) is 19.3 Å². The van der Waals surface area contributed by atoms with E-state index in [4.69, 9.17) is 14.2 Å². The van der Waals surface area contributed by atoms with Crippen molar-refractivity contribution in [3.05, 3.63) is 158 Å². The maximum atomic E-state index is 12.9. The number of allylic oxidation sites excluding steroid dienone is 26. The van der Waals surface area contributed by atoms with Gasteiger partial charge in [0, 0.05) is 19.3 Å². The highest BCUT2D eigenvalue weighted by molar-refractivity contribution is 5.71. The number of ether oxygens (including phenoxy) is 3. The van der Waals surface area contributed by atoms with E-state index in [0.717, 1.165) is 154 Å². The quantitative estimate of drug-likeness (QED) is 0.0261. The van der Waals surface area contributed by atoms with Crippen LogP contribution >= 0.6 is 0 Å². The van der Waals surface area contributed by atoms with Gasteiger partial charge in [0.05, 0.1) is 0 Å². The van der Waals surface area contributed by atoms with Gasteiger partial charge in [0.2, 0.25) is 0 Å². The lowest BCUT2D eigenvalue weighted by Crippen LogP contribution is -2.30. The van der Waals surface area contributed by atoms with Crippen LogP contribution in [0.15, 0.2) is 158 Å². The molecule has 1 unspecified atom stereocenters. The third kappa shape index (κ3) is 65.8. The normalized spacial score (nSPS) is 13.2. The van der Waals surface area contributed by atoms with Crippen molar-refractivity contribution in [3.8, 4) is 0 Å². The molecule has 0 aromatic rings. The number of carbonyl (C=O) groups is 3. The van der Waals surface area contributed by atoms with Crippen molar-refractivity contribution >= 4 is 17.9 Å². The minimum atomic E-state index is -0.796. The van der Waals surface area contributed by atoms with E-state index in [9.17, 15) is 14.4 Å². The smallest absolute Gasteiger partial charge is 0.306 e. The second-order valence-corrected chi connectivity index (χ2v) is 21.6. The zero-order valence-corrected chi connectivity index (χ0v) is 52.9. The molecule has 462 valence electrons. The summed E-state index contributed by atoms with van der Waals surface area (Å²) >= 11 is 0. The molecule has 0 saturated carbocycles. The van der Waals surface area contributed by atoms with Crippen LogP contribution in [0.3, 0.4) is 0 Å². The van der Waals surface area contributed by atoms with Crippen LogP contribution in [0, 0.1) is 0 Å². The molecule has 1 atom stereocenters. The average Bonchev–Trinajstić information content (AvgIpc) is 3.47. The minimum absolute atomic E-state index is 0.0913. The average molecular weight is 1130 g/mol. The molecule has 0 aromatic carbocycles. The van der Waals surface area contributed by atoms with Crippen molar-refractivity contribution in [2.24, 2.45) is 0 Å². The lowest BCUT2D eigenvalue weighted by atomic mass is 10.0. The van der Waals surface area contributed by atoms with Gasteiger partial charge >= 0.3 is 17.9 Å². The van der Waals surface area contributed by atoms with Gasteiger partial charge in [-0.15, -0.1) is 0 Å². The molecular weight excluding hydrogens is 1010 g/mol. The van der Waals surface area contributed by atoms with E-state index in [1.54, 1.807) is 0 Å². The van der Waals surface area contributed by atoms with Crippen molar-refractivity contribution in [2.45, 2.75) is 290 Å². The first-order chi connectivity index (χ1) is 40.5. The Hall–Kier alpha value is -4.97. The number of unbranched alkanes of at least 4 members (excludes halogenated alkanes) is 22. The van der Waals surface area contributed by atoms with Gasteiger partial charge in [0.25, 0.3) is 0 Å². The summed E-state index contributed by atoms with van der Waals surface area (Å²) in [5, 5.41) is 0. The van der Waals surface area contributed by atoms with E-state index < -0.39 is 6.10 Å². The molecule has 0 aromatic heterocycles. The summed E-state index contributed by atoms with van der Waals surface area (Å²) in [5.41, 5.74) is 0. The predicted molar refractivity (Wildman–Crippen MR) is 357 cm³/mol. The molecule has 0 rings (SSSR count). The van der Waals surface area contributed by atoms with Gasteiger partial charge in [-0.2, -0.15) is 0 Å². The van der Waals surface area contributed by atoms with Gasteiger partial charge in [0.15, 0.2) is 6.10 Å². The first-order valence-corrected chi connectivity index (χ1v) is 33.5. The Kier molecular flexibility index (Phi) is 64.4. The standard InChI is InChI=1S/C76H122O6/c1-4-7-10-13-16-19-21-23-25-27-29-31-33-35-37-38-40-41-43-45-47-49-51-53-55-57-60-63-66-69-75(78)81-72-73(71-80-74(77)68-65-62-59-18-15-12-9-6-3)82-76(79)70-67-64-61-58-56-54-52-50-48-46-44-42-39-36-34-32-30-28-26-24-22-20-17-14-11-8-5-2/h7-8,10-11,16-17,19-20,23-26,29-32,35-37,39-41,45,47,51,53,73H,4-6,9,12-15,18,21-22,27-28,33-34,38,42-44,46,48-50,52,54-72H2,1-3H3/b10-7-,11-8-,19-16-,20-17-,25-23-,26-24-,31-29-,32-30-,37-35-,39-36-,41-40-,47-45-,53-51-. The maximum Gasteiger partial charge on any atom is 0.306 e. The van der Waals surface area contributed by atoms with Crippen LogP contribution in [0.5, 0.6) is 0 Å². The van der Waals surface area contributed by atoms with Crippen molar-refractivity contribution in [3.63, 3.8) is 0 Å². The molecule has 0 N–H and O–H groups in total. The molecule has 0 amide bonds. The molecule has 0 saturated heterocycles. The fourth-order valence-electron chi connectivity index (χ4n) is 8.84. The minimum Gasteiger partial charge on any atom is -0.462 e. The summed E-state index contributed by atoms with van der Waals surface area (Å²) in [5.74, 6) is -0.925. The van der Waals surface area contributed by atoms with Gasteiger partial charge in [-0.3, -0.25) is 14.4 Å². The number of hydrogen-bond donors (Lipinski definition) is 0. The Bertz CT molecular complexity index is 1830. The first-order valence-electron chi connectivity index (χ1n) is 33.5. The lowest BCUT2D eigenvalue weighted by molar-refractivity contribution is -0.167. The third-order valence-corrected chi connectivity index (χ3v) is 13.8. The van der Waals surface area contributed by atoms with Crippen molar-refractivity contribution in [2.75, 3.05) is 13.2 Å². The molecule has 0 radical (unpaired) electrons. The van der Waals surface area contributed by atoms with Gasteiger partial charge in [-0.05, 0) is 128 Å². The molecule has 0 aliphatic heterocycles. The predicted octanol–water partition coefficient (Wildman–Crippen LogP) is 23.3. The Morgan fingerprint density at radius 1 is 0.256 bits per heavy atom. The number of rotatable bonds is 59. The van der Waals surface area contributed by atoms with Gasteiger partial charge in [0.1, 0.15) is 13.2 Å². The number of hydrogen-bond acceptors (Lipinski definition) is 6. The fourth-order valence-corrected chi connectivity index (χ4v) is 8.84. The highest BCUT2D eigenvalue weighted by Crippen LogP contribution is 2.15. The van der Waals surface area contributed by atoms with Crippen LogP contribution in [0.25, 0.3) is 0 Å². The second-order valence-electron chi connectivity index (χ2n) is 21.6. The van der Waals surface area contributed by atoms with E-state index in [2.05, 4.69) is 179 Å². The maximum absolute atomic E-state index is 12.9. The Labute approximate surface area is 505 Å². The Balaban J connectivity index is 4.26. The summed E-state index contributed by atoms with van der Waals surface area (Å²) in [6.45, 7) is 6.36. The highest BCUT2D eigenvalue weighted by Gasteiger charge is 2.19. The lowest BCUT2D eigenvalue weighted by Gasteiger charge is -2.18. The zero-order chi connectivity index (χ0) is 59.2. The van der Waals surface area contributed by atoms with Gasteiger partial charge in [-0.1, -0.05) is 294 Å². The van der Waals surface area contributed by atoms with E-state index in [-0.39, 0.29) is 31.1 Å². The summed E-state index contributed by atoms with van der Waals surface area (Å²) in [4.78, 5) is 38.2. The number of carbonyl (C=O) groups excluding carboxylic acids is 3. The summed E-state index contributed by atoms with van der Waals surface area (Å²) in [6, 6.07) is 0. The topological polar surface area (TPSA) is 78.9 Å². The largest absolute Gasteiger partial charge is 0.462 e. The zero-order valence-electron chi connectivity index (χ0n) is 52.9. The third-order valence-electron chi connectivity index (χ3n) is 13.8. The van der Waals surface area contributed by atoms with Crippen molar-refractivity contribution in [1.29, 1.82) is 0 Å². The molecule has 6 heteroatoms. The second kappa shape index (κ2) is 68.5. The Morgan fingerprint density at radius 3 is 0.744 bits per heavy atom. The SMILES string of the molecule is CC/C=C\C/C=C\C/C=C\C/C=C\C/C=C\C/C=C\C/C=C\C/C=C\CCCCCCC(=O)OCC(COC(=O)CCCCCCCCCC)OC(=O)CCCCCCCCCCCCC/C=C\C/C=C\C/C=C\C/C=C\C/C=C\CC. The molecule has 0 aliphatic rings. The molecule has 0 bridgehead atoms. The molecule has 0 fully saturated rings. The molecule has 0 spiro atoms. The van der Waals surface area contributed by atoms with E-state index in [1.807, 2.05) is 0 Å². The number of esters is 3. The summed E-state index contributed by atoms with van der Waals surface area (Å²) in [7, 11) is 0. The molecular formula is C76H122O6. The Morgan fingerprint density at radius 2 is 0.476 bits per heavy atom. The molecule has 0 aliphatic carbocycles. The summed E-state index contributed by atoms with van der Waals surface area (Å²) < 4.78 is 16.9. The van der Waals surface area contributed by atoms with Gasteiger partial charge < -0.3 is 14.2 Å². The first kappa shape index (κ1) is 77.0. The van der Waals surface area contributed by atoms with E-state index in [1.165, 1.54) is 89.9 Å². The van der Waals surface area contributed by atoms with Crippen molar-refractivity contribution < 1.29 is 28.6 Å². The van der Waals surface area contributed by atoms with Crippen LogP contribution in [0.2, 0.25) is 0 Å². The van der Waals surface area contributed by atoms with Crippen LogP contribution < -0.4 is 0 Å². The van der Waals surface area contributed by atoms with Crippen LogP contribution in [0.1, 0.15) is 284 Å². The fraction of sp³-hybridized carbons (Fsp3) is 0.618. The highest BCUT2D eigenvalue weighted by atomic mass is 16.6. The van der Waals surface area contributed by atoms with E-state index >= 15 is 0 Å². The molecule has 6 nitrogen and oxygen atoms in total. The molecule has 0 heterocycles.